The van der Waals surface area contributed by atoms with Crippen molar-refractivity contribution in [2.75, 3.05) is 14.1 Å². The second-order valence-electron chi connectivity index (χ2n) is 2.98. The number of quaternary nitrogens is 1. The lowest BCUT2D eigenvalue weighted by Crippen LogP contribution is -3.04. The fourth-order valence-corrected chi connectivity index (χ4v) is 1.02. The van der Waals surface area contributed by atoms with Crippen molar-refractivity contribution in [3.8, 4) is 0 Å². The first-order valence-electron chi connectivity index (χ1n) is 3.72. The van der Waals surface area contributed by atoms with Gasteiger partial charge in [0.25, 0.3) is 0 Å². The Bertz CT molecular complexity index is 233. The highest BCUT2D eigenvalue weighted by molar-refractivity contribution is 5.15. The molecule has 0 aromatic heterocycles. The quantitative estimate of drug-likeness (QED) is 0.631. The Morgan fingerprint density at radius 1 is 1.27 bits per heavy atom. The van der Waals surface area contributed by atoms with E-state index in [0.29, 0.717) is 0 Å². The molecule has 60 valence electrons. The van der Waals surface area contributed by atoms with E-state index in [-0.39, 0.29) is 5.82 Å². The van der Waals surface area contributed by atoms with Crippen molar-refractivity contribution in [3.05, 3.63) is 35.6 Å². The Balaban J connectivity index is 2.78. The first kappa shape index (κ1) is 8.21. The topological polar surface area (TPSA) is 4.44 Å². The highest BCUT2D eigenvalue weighted by atomic mass is 19.1. The van der Waals surface area contributed by atoms with Crippen molar-refractivity contribution in [1.29, 1.82) is 0 Å². The summed E-state index contributed by atoms with van der Waals surface area (Å²) in [5.41, 5.74) is 0.785. The van der Waals surface area contributed by atoms with Crippen LogP contribution < -0.4 is 4.90 Å². The predicted molar refractivity (Wildman–Crippen MR) is 42.9 cm³/mol. The Morgan fingerprint density at radius 3 is 2.45 bits per heavy atom. The van der Waals surface area contributed by atoms with Gasteiger partial charge in [-0.25, -0.2) is 4.39 Å². The van der Waals surface area contributed by atoms with Crippen molar-refractivity contribution < 1.29 is 9.29 Å². The second-order valence-corrected chi connectivity index (χ2v) is 2.98. The van der Waals surface area contributed by atoms with Gasteiger partial charge in [-0.2, -0.15) is 0 Å². The van der Waals surface area contributed by atoms with Crippen LogP contribution in [0.3, 0.4) is 0 Å². The molecule has 0 saturated heterocycles. The Labute approximate surface area is 66.5 Å². The lowest BCUT2D eigenvalue weighted by atomic mass is 10.2. The van der Waals surface area contributed by atoms with Crippen LogP contribution in [0, 0.1) is 5.82 Å². The summed E-state index contributed by atoms with van der Waals surface area (Å²) in [6.07, 6.45) is 0. The van der Waals surface area contributed by atoms with Gasteiger partial charge in [-0.1, -0.05) is 18.2 Å². The zero-order valence-electron chi connectivity index (χ0n) is 6.89. The molecule has 1 aromatic rings. The molecular weight excluding hydrogens is 141 g/mol. The third-order valence-corrected chi connectivity index (χ3v) is 1.50. The summed E-state index contributed by atoms with van der Waals surface area (Å²) >= 11 is 0. The van der Waals surface area contributed by atoms with Crippen LogP contribution in [0.15, 0.2) is 24.3 Å². The molecule has 11 heavy (non-hydrogen) atoms. The van der Waals surface area contributed by atoms with Gasteiger partial charge in [0.1, 0.15) is 12.4 Å². The minimum atomic E-state index is -0.103. The van der Waals surface area contributed by atoms with Gasteiger partial charge in [0, 0.05) is 5.56 Å². The van der Waals surface area contributed by atoms with E-state index in [2.05, 4.69) is 0 Å². The molecule has 0 amide bonds. The van der Waals surface area contributed by atoms with Crippen molar-refractivity contribution in [2.24, 2.45) is 0 Å². The SMILES string of the molecule is C[NH+](C)Cc1ccccc1F. The van der Waals surface area contributed by atoms with Crippen molar-refractivity contribution in [1.82, 2.24) is 0 Å². The van der Waals surface area contributed by atoms with Crippen LogP contribution in [0.25, 0.3) is 0 Å². The summed E-state index contributed by atoms with van der Waals surface area (Å²) in [5, 5.41) is 0. The Morgan fingerprint density at radius 2 is 1.91 bits per heavy atom. The summed E-state index contributed by atoms with van der Waals surface area (Å²) in [6, 6.07) is 6.89. The molecule has 0 spiro atoms. The highest BCUT2D eigenvalue weighted by Gasteiger charge is 2.02. The Kier molecular flexibility index (Phi) is 2.60. The minimum Gasteiger partial charge on any atom is -0.336 e. The lowest BCUT2D eigenvalue weighted by molar-refractivity contribution is -0.872. The van der Waals surface area contributed by atoms with Crippen molar-refractivity contribution >= 4 is 0 Å². The van der Waals surface area contributed by atoms with Crippen LogP contribution in [-0.2, 0) is 6.54 Å². The Hall–Kier alpha value is -0.890. The molecule has 0 heterocycles. The molecule has 1 rings (SSSR count). The molecule has 0 unspecified atom stereocenters. The molecule has 0 saturated carbocycles. The third kappa shape index (κ3) is 2.31. The zero-order chi connectivity index (χ0) is 8.27. The summed E-state index contributed by atoms with van der Waals surface area (Å²) in [6.45, 7) is 0.743. The van der Waals surface area contributed by atoms with Gasteiger partial charge in [-0.05, 0) is 6.07 Å². The number of hydrogen-bond donors (Lipinski definition) is 1. The molecule has 1 N–H and O–H groups in total. The molecule has 0 bridgehead atoms. The molecule has 0 fully saturated rings. The van der Waals surface area contributed by atoms with E-state index in [1.807, 2.05) is 26.2 Å². The van der Waals surface area contributed by atoms with Gasteiger partial charge in [0.2, 0.25) is 0 Å². The fraction of sp³-hybridized carbons (Fsp3) is 0.333. The first-order chi connectivity index (χ1) is 5.20. The average Bonchev–Trinajstić information content (AvgIpc) is 1.93. The summed E-state index contributed by atoms with van der Waals surface area (Å²) < 4.78 is 12.9. The summed E-state index contributed by atoms with van der Waals surface area (Å²) in [7, 11) is 4.01. The monoisotopic (exact) mass is 154 g/mol. The van der Waals surface area contributed by atoms with E-state index in [0.717, 1.165) is 12.1 Å². The smallest absolute Gasteiger partial charge is 0.132 e. The van der Waals surface area contributed by atoms with Crippen LogP contribution in [0.5, 0.6) is 0 Å². The number of nitrogens with one attached hydrogen (secondary N) is 1. The number of hydrogen-bond acceptors (Lipinski definition) is 0. The van der Waals surface area contributed by atoms with Gasteiger partial charge in [-0.15, -0.1) is 0 Å². The highest BCUT2D eigenvalue weighted by Crippen LogP contribution is 2.03. The first-order valence-corrected chi connectivity index (χ1v) is 3.72. The molecular formula is C9H13FN+. The maximum absolute atomic E-state index is 12.9. The maximum Gasteiger partial charge on any atom is 0.132 e. The van der Waals surface area contributed by atoms with Crippen LogP contribution in [0.1, 0.15) is 5.56 Å². The minimum absolute atomic E-state index is 0.103. The van der Waals surface area contributed by atoms with Crippen LogP contribution >= 0.6 is 0 Å². The van der Waals surface area contributed by atoms with E-state index in [9.17, 15) is 4.39 Å². The van der Waals surface area contributed by atoms with Crippen LogP contribution in [0.4, 0.5) is 4.39 Å². The average molecular weight is 154 g/mol. The molecule has 0 atom stereocenters. The van der Waals surface area contributed by atoms with Gasteiger partial charge >= 0.3 is 0 Å². The van der Waals surface area contributed by atoms with E-state index in [4.69, 9.17) is 0 Å². The molecule has 0 aliphatic carbocycles. The standard InChI is InChI=1S/C9H12FN/c1-11(2)7-8-5-3-4-6-9(8)10/h3-6H,7H2,1-2H3/p+1. The van der Waals surface area contributed by atoms with E-state index >= 15 is 0 Å². The molecule has 0 aliphatic rings. The normalized spacial score (nSPS) is 10.5. The molecule has 0 radical (unpaired) electrons. The summed E-state index contributed by atoms with van der Waals surface area (Å²) in [4.78, 5) is 1.23. The van der Waals surface area contributed by atoms with Gasteiger partial charge in [-0.3, -0.25) is 0 Å². The molecule has 0 aliphatic heterocycles. The van der Waals surface area contributed by atoms with Gasteiger partial charge in [0.05, 0.1) is 14.1 Å². The molecule has 1 nitrogen and oxygen atoms in total. The summed E-state index contributed by atoms with van der Waals surface area (Å²) in [5.74, 6) is -0.103. The maximum atomic E-state index is 12.9. The van der Waals surface area contributed by atoms with Crippen LogP contribution in [0.2, 0.25) is 0 Å². The van der Waals surface area contributed by atoms with E-state index in [1.165, 1.54) is 11.0 Å². The number of rotatable bonds is 2. The van der Waals surface area contributed by atoms with Gasteiger partial charge < -0.3 is 4.90 Å². The lowest BCUT2D eigenvalue weighted by Gasteiger charge is -2.06. The van der Waals surface area contributed by atoms with Gasteiger partial charge in [0.15, 0.2) is 0 Å². The van der Waals surface area contributed by atoms with E-state index in [1.54, 1.807) is 6.07 Å². The van der Waals surface area contributed by atoms with Crippen molar-refractivity contribution in [3.63, 3.8) is 0 Å². The molecule has 2 heteroatoms. The van der Waals surface area contributed by atoms with Crippen molar-refractivity contribution in [2.45, 2.75) is 6.54 Å². The second kappa shape index (κ2) is 3.49. The number of halogens is 1. The van der Waals surface area contributed by atoms with Crippen LogP contribution in [-0.4, -0.2) is 14.1 Å². The van der Waals surface area contributed by atoms with E-state index < -0.39 is 0 Å². The zero-order valence-corrected chi connectivity index (χ0v) is 6.89. The predicted octanol–water partition coefficient (Wildman–Crippen LogP) is 0.470. The largest absolute Gasteiger partial charge is 0.336 e. The number of benzene rings is 1. The fourth-order valence-electron chi connectivity index (χ4n) is 1.02. The molecule has 1 aromatic carbocycles. The third-order valence-electron chi connectivity index (χ3n) is 1.50.